The van der Waals surface area contributed by atoms with Crippen LogP contribution in [-0.4, -0.2) is 23.9 Å². The van der Waals surface area contributed by atoms with E-state index in [0.29, 0.717) is 6.42 Å². The molecule has 0 bridgehead atoms. The molecule has 1 N–H and O–H groups in total. The lowest BCUT2D eigenvalue weighted by molar-refractivity contribution is -0.0971. The zero-order valence-corrected chi connectivity index (χ0v) is 12.6. The van der Waals surface area contributed by atoms with Crippen molar-refractivity contribution in [2.45, 2.75) is 64.6 Å². The molecular weight excluding hydrogens is 236 g/mol. The average molecular weight is 262 g/mol. The van der Waals surface area contributed by atoms with Crippen molar-refractivity contribution < 1.29 is 9.84 Å². The van der Waals surface area contributed by atoms with Gasteiger partial charge in [-0.3, -0.25) is 0 Å². The molecule has 19 heavy (non-hydrogen) atoms. The Morgan fingerprint density at radius 2 is 1.68 bits per heavy atom. The van der Waals surface area contributed by atoms with Crippen molar-refractivity contribution in [1.29, 1.82) is 0 Å². The SMILES string of the molecule is COC1(C(O)Cc2c(C)cc(C)cc2C)CCCC1. The van der Waals surface area contributed by atoms with Crippen LogP contribution in [0.15, 0.2) is 12.1 Å². The van der Waals surface area contributed by atoms with Crippen molar-refractivity contribution in [3.8, 4) is 0 Å². The number of rotatable bonds is 4. The molecule has 1 fully saturated rings. The van der Waals surface area contributed by atoms with Crippen LogP contribution in [-0.2, 0) is 11.2 Å². The second-order valence-corrected chi connectivity index (χ2v) is 6.07. The van der Waals surface area contributed by atoms with Crippen LogP contribution < -0.4 is 0 Å². The highest BCUT2D eigenvalue weighted by molar-refractivity contribution is 5.38. The third-order valence-corrected chi connectivity index (χ3v) is 4.70. The van der Waals surface area contributed by atoms with E-state index in [4.69, 9.17) is 4.74 Å². The fraction of sp³-hybridized carbons (Fsp3) is 0.647. The van der Waals surface area contributed by atoms with Gasteiger partial charge in [0.15, 0.2) is 0 Å². The van der Waals surface area contributed by atoms with Gasteiger partial charge in [-0.05, 0) is 50.3 Å². The van der Waals surface area contributed by atoms with Crippen LogP contribution in [0.4, 0.5) is 0 Å². The van der Waals surface area contributed by atoms with Gasteiger partial charge in [-0.25, -0.2) is 0 Å². The summed E-state index contributed by atoms with van der Waals surface area (Å²) in [5.41, 5.74) is 4.81. The predicted octanol–water partition coefficient (Wildman–Crippen LogP) is 3.47. The molecule has 0 aromatic heterocycles. The van der Waals surface area contributed by atoms with E-state index in [9.17, 15) is 5.11 Å². The van der Waals surface area contributed by atoms with Gasteiger partial charge in [0.2, 0.25) is 0 Å². The molecule has 1 aromatic carbocycles. The zero-order valence-electron chi connectivity index (χ0n) is 12.6. The predicted molar refractivity (Wildman–Crippen MR) is 78.6 cm³/mol. The second-order valence-electron chi connectivity index (χ2n) is 6.07. The molecule has 0 saturated heterocycles. The fourth-order valence-electron chi connectivity index (χ4n) is 3.56. The molecular formula is C17H26O2. The van der Waals surface area contributed by atoms with E-state index in [0.717, 1.165) is 25.7 Å². The summed E-state index contributed by atoms with van der Waals surface area (Å²) < 4.78 is 5.69. The molecule has 0 aliphatic heterocycles. The van der Waals surface area contributed by atoms with E-state index in [-0.39, 0.29) is 5.60 Å². The topological polar surface area (TPSA) is 29.5 Å². The van der Waals surface area contributed by atoms with Gasteiger partial charge in [0.25, 0.3) is 0 Å². The van der Waals surface area contributed by atoms with Crippen LogP contribution in [0.25, 0.3) is 0 Å². The summed E-state index contributed by atoms with van der Waals surface area (Å²) in [6.45, 7) is 6.39. The van der Waals surface area contributed by atoms with Crippen LogP contribution in [0.2, 0.25) is 0 Å². The number of methoxy groups -OCH3 is 1. The maximum atomic E-state index is 10.6. The second kappa shape index (κ2) is 5.64. The first kappa shape index (κ1) is 14.5. The highest BCUT2D eigenvalue weighted by Gasteiger charge is 2.40. The van der Waals surface area contributed by atoms with Gasteiger partial charge in [0, 0.05) is 13.5 Å². The Hall–Kier alpha value is -0.860. The molecule has 1 saturated carbocycles. The maximum Gasteiger partial charge on any atom is 0.0939 e. The minimum Gasteiger partial charge on any atom is -0.390 e. The van der Waals surface area contributed by atoms with Gasteiger partial charge in [-0.1, -0.05) is 30.5 Å². The lowest BCUT2D eigenvalue weighted by Gasteiger charge is -2.33. The van der Waals surface area contributed by atoms with Crippen LogP contribution in [0.1, 0.15) is 47.9 Å². The number of ether oxygens (including phenoxy) is 1. The Morgan fingerprint density at radius 1 is 1.16 bits per heavy atom. The van der Waals surface area contributed by atoms with E-state index in [2.05, 4.69) is 32.9 Å². The number of aliphatic hydroxyl groups excluding tert-OH is 1. The molecule has 1 aromatic rings. The van der Waals surface area contributed by atoms with Crippen molar-refractivity contribution >= 4 is 0 Å². The van der Waals surface area contributed by atoms with E-state index < -0.39 is 6.10 Å². The molecule has 0 amide bonds. The minimum atomic E-state index is -0.403. The first-order chi connectivity index (χ1) is 8.98. The molecule has 1 aliphatic carbocycles. The third kappa shape index (κ3) is 2.85. The summed E-state index contributed by atoms with van der Waals surface area (Å²) in [6.07, 6.45) is 4.59. The van der Waals surface area contributed by atoms with Crippen molar-refractivity contribution in [2.75, 3.05) is 7.11 Å². The van der Waals surface area contributed by atoms with Crippen LogP contribution in [0.3, 0.4) is 0 Å². The van der Waals surface area contributed by atoms with E-state index in [1.807, 2.05) is 0 Å². The van der Waals surface area contributed by atoms with Crippen LogP contribution >= 0.6 is 0 Å². The Bertz CT molecular complexity index is 422. The Labute approximate surface area is 116 Å². The molecule has 1 aliphatic rings. The Kier molecular flexibility index (Phi) is 4.32. The summed E-state index contributed by atoms with van der Waals surface area (Å²) in [5, 5.41) is 10.6. The molecule has 0 spiro atoms. The van der Waals surface area contributed by atoms with Crippen molar-refractivity contribution in [2.24, 2.45) is 0 Å². The summed E-state index contributed by atoms with van der Waals surface area (Å²) in [4.78, 5) is 0. The van der Waals surface area contributed by atoms with Crippen LogP contribution in [0, 0.1) is 20.8 Å². The monoisotopic (exact) mass is 262 g/mol. The van der Waals surface area contributed by atoms with Crippen molar-refractivity contribution in [3.63, 3.8) is 0 Å². The quantitative estimate of drug-likeness (QED) is 0.900. The highest BCUT2D eigenvalue weighted by Crippen LogP contribution is 2.37. The third-order valence-electron chi connectivity index (χ3n) is 4.70. The van der Waals surface area contributed by atoms with Crippen molar-refractivity contribution in [3.05, 3.63) is 34.4 Å². The average Bonchev–Trinajstić information content (AvgIpc) is 2.83. The smallest absolute Gasteiger partial charge is 0.0939 e. The molecule has 1 atom stereocenters. The summed E-state index contributed by atoms with van der Waals surface area (Å²) in [6, 6.07) is 4.40. The Morgan fingerprint density at radius 3 is 2.16 bits per heavy atom. The summed E-state index contributed by atoms with van der Waals surface area (Å²) >= 11 is 0. The Balaban J connectivity index is 2.21. The molecule has 2 heteroatoms. The first-order valence-corrected chi connectivity index (χ1v) is 7.28. The number of aryl methyl sites for hydroxylation is 3. The largest absolute Gasteiger partial charge is 0.390 e. The first-order valence-electron chi connectivity index (χ1n) is 7.28. The summed E-state index contributed by atoms with van der Waals surface area (Å²) in [5.74, 6) is 0. The number of hydrogen-bond acceptors (Lipinski definition) is 2. The van der Waals surface area contributed by atoms with Gasteiger partial charge >= 0.3 is 0 Å². The van der Waals surface area contributed by atoms with Gasteiger partial charge in [0.1, 0.15) is 0 Å². The molecule has 2 rings (SSSR count). The summed E-state index contributed by atoms with van der Waals surface area (Å²) in [7, 11) is 1.74. The van der Waals surface area contributed by atoms with E-state index in [1.165, 1.54) is 22.3 Å². The lowest BCUT2D eigenvalue weighted by atomic mass is 9.86. The van der Waals surface area contributed by atoms with E-state index in [1.54, 1.807) is 7.11 Å². The number of benzene rings is 1. The molecule has 106 valence electrons. The fourth-order valence-corrected chi connectivity index (χ4v) is 3.56. The van der Waals surface area contributed by atoms with Gasteiger partial charge in [-0.15, -0.1) is 0 Å². The number of hydrogen-bond donors (Lipinski definition) is 1. The molecule has 0 radical (unpaired) electrons. The minimum absolute atomic E-state index is 0.316. The van der Waals surface area contributed by atoms with Crippen molar-refractivity contribution in [1.82, 2.24) is 0 Å². The molecule has 1 unspecified atom stereocenters. The lowest BCUT2D eigenvalue weighted by Crippen LogP contribution is -2.43. The standard InChI is InChI=1S/C17H26O2/c1-12-9-13(2)15(14(3)10-12)11-16(18)17(19-4)7-5-6-8-17/h9-10,16,18H,5-8,11H2,1-4H3. The molecule has 2 nitrogen and oxygen atoms in total. The maximum absolute atomic E-state index is 10.6. The number of aliphatic hydroxyl groups is 1. The van der Waals surface area contributed by atoms with Gasteiger partial charge < -0.3 is 9.84 Å². The van der Waals surface area contributed by atoms with Crippen LogP contribution in [0.5, 0.6) is 0 Å². The van der Waals surface area contributed by atoms with E-state index >= 15 is 0 Å². The normalized spacial score (nSPS) is 19.6. The molecule has 0 heterocycles. The highest BCUT2D eigenvalue weighted by atomic mass is 16.5. The van der Waals surface area contributed by atoms with Gasteiger partial charge in [0.05, 0.1) is 11.7 Å². The van der Waals surface area contributed by atoms with Gasteiger partial charge in [-0.2, -0.15) is 0 Å². The zero-order chi connectivity index (χ0) is 14.0.